The van der Waals surface area contributed by atoms with E-state index in [-0.39, 0.29) is 10.6 Å². The summed E-state index contributed by atoms with van der Waals surface area (Å²) in [4.78, 5) is 9.80. The van der Waals surface area contributed by atoms with Crippen molar-refractivity contribution < 1.29 is 32.6 Å². The van der Waals surface area contributed by atoms with Crippen LogP contribution in [0.4, 0.5) is 0 Å². The smallest absolute Gasteiger partial charge is 0.340 e. The molecule has 0 aliphatic rings. The monoisotopic (exact) mass is 491 g/mol. The Morgan fingerprint density at radius 3 is 2.18 bits per heavy atom. The van der Waals surface area contributed by atoms with Crippen LogP contribution in [0.2, 0.25) is 0 Å². The summed E-state index contributed by atoms with van der Waals surface area (Å²) in [6.45, 7) is 1.75. The number of aliphatic hydroxyl groups is 1. The van der Waals surface area contributed by atoms with Gasteiger partial charge in [0, 0.05) is 17.1 Å². The fourth-order valence-electron chi connectivity index (χ4n) is 3.25. The Kier molecular flexibility index (Phi) is 7.53. The summed E-state index contributed by atoms with van der Waals surface area (Å²) in [5.74, 6) is -0.343. The van der Waals surface area contributed by atoms with Crippen LogP contribution in [0, 0.1) is 6.92 Å². The van der Waals surface area contributed by atoms with Crippen molar-refractivity contribution in [3.05, 3.63) is 66.6 Å². The van der Waals surface area contributed by atoms with Crippen LogP contribution in [-0.2, 0) is 14.6 Å². The lowest BCUT2D eigenvalue weighted by Gasteiger charge is -2.27. The van der Waals surface area contributed by atoms with Crippen LogP contribution in [0.25, 0.3) is 11.1 Å². The summed E-state index contributed by atoms with van der Waals surface area (Å²) in [7, 11) is -2.95. The van der Waals surface area contributed by atoms with Crippen LogP contribution in [0.5, 0.6) is 5.75 Å². The highest BCUT2D eigenvalue weighted by Gasteiger charge is 2.49. The van der Waals surface area contributed by atoms with Crippen LogP contribution in [0.15, 0.2) is 75.1 Å². The van der Waals surface area contributed by atoms with Crippen molar-refractivity contribution >= 4 is 27.6 Å². The molecule has 8 nitrogen and oxygen atoms in total. The molecule has 0 fully saturated rings. The summed E-state index contributed by atoms with van der Waals surface area (Å²) >= 11 is 1.23. The van der Waals surface area contributed by atoms with Crippen molar-refractivity contribution in [1.29, 1.82) is 0 Å². The number of carboxylic acids is 1. The molecule has 0 aliphatic heterocycles. The Bertz CT molecular complexity index is 1200. The Morgan fingerprint density at radius 2 is 1.70 bits per heavy atom. The third-order valence-corrected chi connectivity index (χ3v) is 8.69. The lowest BCUT2D eigenvalue weighted by Crippen LogP contribution is -2.56. The molecule has 33 heavy (non-hydrogen) atoms. The van der Waals surface area contributed by atoms with Gasteiger partial charge in [-0.1, -0.05) is 24.3 Å². The van der Waals surface area contributed by atoms with E-state index in [0.29, 0.717) is 11.5 Å². The molecule has 1 aromatic heterocycles. The fourth-order valence-corrected chi connectivity index (χ4v) is 5.70. The van der Waals surface area contributed by atoms with Gasteiger partial charge in [0.1, 0.15) is 11.5 Å². The van der Waals surface area contributed by atoms with Gasteiger partial charge >= 0.3 is 5.97 Å². The molecule has 3 rings (SSSR count). The number of nitrogens with two attached hydrogens (primary N) is 1. The number of ether oxygens (including phenoxy) is 1. The number of methoxy groups -OCH3 is 1. The molecule has 0 bridgehead atoms. The minimum Gasteiger partial charge on any atom is -0.497 e. The van der Waals surface area contributed by atoms with Gasteiger partial charge in [-0.25, -0.2) is 13.2 Å². The number of benzene rings is 2. The number of rotatable bonds is 10. The number of hydrogen-bond donors (Lipinski definition) is 3. The predicted molar refractivity (Wildman–Crippen MR) is 125 cm³/mol. The summed E-state index contributed by atoms with van der Waals surface area (Å²) in [5, 5.41) is 20.1. The van der Waals surface area contributed by atoms with E-state index < -0.39 is 33.2 Å². The first-order chi connectivity index (χ1) is 15.6. The standard InChI is InChI=1S/C23H25NO7S2/c1-15-21(11-12-31-15)32-14-18(25)13-23(24,22(26)27)33(28,29)20-9-5-17(6-10-20)16-3-7-19(30-2)8-4-16/h3-12,18,25H,13-14,24H2,1-2H3,(H,26,27). The second-order valence-corrected chi connectivity index (χ2v) is 10.7. The SMILES string of the molecule is COc1ccc(-c2ccc(S(=O)(=O)C(N)(CC(O)CSc3ccoc3C)C(=O)O)cc2)cc1. The minimum absolute atomic E-state index is 0.0541. The highest BCUT2D eigenvalue weighted by molar-refractivity contribution is 7.99. The van der Waals surface area contributed by atoms with E-state index in [0.717, 1.165) is 16.0 Å². The molecular weight excluding hydrogens is 466 g/mol. The first-order valence-corrected chi connectivity index (χ1v) is 12.4. The normalized spacial score (nSPS) is 14.4. The first kappa shape index (κ1) is 24.8. The Balaban J connectivity index is 1.80. The fraction of sp³-hybridized carbons (Fsp3) is 0.261. The number of hydrogen-bond acceptors (Lipinski definition) is 8. The van der Waals surface area contributed by atoms with Gasteiger partial charge in [0.05, 0.1) is 24.4 Å². The molecule has 0 radical (unpaired) electrons. The Labute approximate surface area is 196 Å². The zero-order chi connectivity index (χ0) is 24.2. The molecule has 10 heteroatoms. The first-order valence-electron chi connectivity index (χ1n) is 9.95. The number of carbonyl (C=O) groups is 1. The average Bonchev–Trinajstić information content (AvgIpc) is 3.22. The van der Waals surface area contributed by atoms with Gasteiger partial charge in [0.15, 0.2) is 0 Å². The molecule has 176 valence electrons. The molecule has 0 saturated carbocycles. The van der Waals surface area contributed by atoms with E-state index in [1.807, 2.05) is 12.1 Å². The summed E-state index contributed by atoms with van der Waals surface area (Å²) < 4.78 is 36.7. The zero-order valence-corrected chi connectivity index (χ0v) is 19.7. The second kappa shape index (κ2) is 10.0. The van der Waals surface area contributed by atoms with Gasteiger partial charge < -0.3 is 25.1 Å². The second-order valence-electron chi connectivity index (χ2n) is 7.46. The van der Waals surface area contributed by atoms with Crippen molar-refractivity contribution in [1.82, 2.24) is 0 Å². The molecule has 1 heterocycles. The van der Waals surface area contributed by atoms with Crippen LogP contribution in [0.1, 0.15) is 12.2 Å². The number of aliphatic carboxylic acids is 1. The molecule has 2 aromatic carbocycles. The Hall–Kier alpha value is -2.79. The van der Waals surface area contributed by atoms with Gasteiger partial charge in [0.25, 0.3) is 0 Å². The maximum atomic E-state index is 13.2. The van der Waals surface area contributed by atoms with E-state index in [9.17, 15) is 23.4 Å². The number of thioether (sulfide) groups is 1. The number of aliphatic hydroxyl groups excluding tert-OH is 1. The molecule has 4 N–H and O–H groups in total. The lowest BCUT2D eigenvalue weighted by molar-refractivity contribution is -0.140. The molecule has 0 saturated heterocycles. The molecule has 0 spiro atoms. The van der Waals surface area contributed by atoms with E-state index in [4.69, 9.17) is 14.9 Å². The zero-order valence-electron chi connectivity index (χ0n) is 18.1. The molecule has 2 unspecified atom stereocenters. The molecule has 3 aromatic rings. The lowest BCUT2D eigenvalue weighted by atomic mass is 10.1. The minimum atomic E-state index is -4.51. The quantitative estimate of drug-likeness (QED) is 0.364. The number of carboxylic acid groups (broad SMARTS) is 1. The van der Waals surface area contributed by atoms with Crippen molar-refractivity contribution in [2.45, 2.75) is 34.1 Å². The average molecular weight is 492 g/mol. The summed E-state index contributed by atoms with van der Waals surface area (Å²) in [5.41, 5.74) is 7.49. The van der Waals surface area contributed by atoms with Gasteiger partial charge in [-0.05, 0) is 48.4 Å². The van der Waals surface area contributed by atoms with E-state index in [1.54, 1.807) is 44.4 Å². The van der Waals surface area contributed by atoms with E-state index in [2.05, 4.69) is 0 Å². The number of aryl methyl sites for hydroxylation is 1. The van der Waals surface area contributed by atoms with Crippen molar-refractivity contribution in [3.63, 3.8) is 0 Å². The predicted octanol–water partition coefficient (Wildman–Crippen LogP) is 3.32. The van der Waals surface area contributed by atoms with Crippen LogP contribution in [0.3, 0.4) is 0 Å². The van der Waals surface area contributed by atoms with Gasteiger partial charge in [0.2, 0.25) is 14.7 Å². The molecule has 0 amide bonds. The van der Waals surface area contributed by atoms with Gasteiger partial charge in [-0.3, -0.25) is 0 Å². The molecule has 0 aliphatic carbocycles. The summed E-state index contributed by atoms with van der Waals surface area (Å²) in [6.07, 6.45) is -0.456. The third kappa shape index (κ3) is 5.25. The van der Waals surface area contributed by atoms with Crippen LogP contribution >= 0.6 is 11.8 Å². The maximum Gasteiger partial charge on any atom is 0.340 e. The van der Waals surface area contributed by atoms with Gasteiger partial charge in [-0.15, -0.1) is 11.8 Å². The van der Waals surface area contributed by atoms with Gasteiger partial charge in [-0.2, -0.15) is 0 Å². The van der Waals surface area contributed by atoms with Crippen molar-refractivity contribution in [3.8, 4) is 16.9 Å². The Morgan fingerprint density at radius 1 is 1.12 bits per heavy atom. The largest absolute Gasteiger partial charge is 0.497 e. The highest BCUT2D eigenvalue weighted by atomic mass is 32.2. The molecule has 2 atom stereocenters. The van der Waals surface area contributed by atoms with Crippen LogP contribution in [-0.4, -0.2) is 48.4 Å². The topological polar surface area (TPSA) is 140 Å². The summed E-state index contributed by atoms with van der Waals surface area (Å²) in [6, 6.07) is 14.7. The molecular formula is C23H25NO7S2. The number of furan rings is 1. The van der Waals surface area contributed by atoms with Crippen LogP contribution < -0.4 is 10.5 Å². The van der Waals surface area contributed by atoms with E-state index in [1.165, 1.54) is 30.2 Å². The maximum absolute atomic E-state index is 13.2. The van der Waals surface area contributed by atoms with E-state index >= 15 is 0 Å². The number of sulfone groups is 1. The van der Waals surface area contributed by atoms with Crippen molar-refractivity contribution in [2.24, 2.45) is 5.73 Å². The highest BCUT2D eigenvalue weighted by Crippen LogP contribution is 2.31. The third-order valence-electron chi connectivity index (χ3n) is 5.21. The van der Waals surface area contributed by atoms with Crippen molar-refractivity contribution in [2.75, 3.05) is 12.9 Å².